The summed E-state index contributed by atoms with van der Waals surface area (Å²) in [4.78, 5) is 2.62. The van der Waals surface area contributed by atoms with E-state index in [1.165, 1.54) is 102 Å². The highest BCUT2D eigenvalue weighted by atomic mass is 16.3. The van der Waals surface area contributed by atoms with E-state index in [1.807, 2.05) is 0 Å². The van der Waals surface area contributed by atoms with Crippen molar-refractivity contribution in [3.05, 3.63) is 143 Å². The molecule has 6 aromatic rings. The van der Waals surface area contributed by atoms with E-state index in [4.69, 9.17) is 4.42 Å². The minimum absolute atomic E-state index is 0.0413. The highest BCUT2D eigenvalue weighted by Crippen LogP contribution is 2.68. The predicted octanol–water partition coefficient (Wildman–Crippen LogP) is 15.7. The molecule has 0 radical (unpaired) electrons. The number of rotatable bonds is 3. The van der Waals surface area contributed by atoms with Crippen molar-refractivity contribution in [2.24, 2.45) is 40.4 Å². The van der Waals surface area contributed by atoms with Crippen LogP contribution in [0.25, 0.3) is 38.8 Å². The molecule has 2 nitrogen and oxygen atoms in total. The minimum Gasteiger partial charge on any atom is -0.454 e. The Morgan fingerprint density at radius 1 is 0.583 bits per heavy atom. The fourth-order valence-electron chi connectivity index (χ4n) is 14.9. The summed E-state index contributed by atoms with van der Waals surface area (Å²) in [6.07, 6.45) is 14.3. The number of benzene rings is 5. The standard InChI is InChI=1S/C58H59NO/c1-55(2,3)38-28-46-45-14-11-17-52(54(45)60-53(46)51(29-38)56(4,5)6)59(39-22-24-43-41-12-7-9-15-47(41)57(49(43)30-39)32-34-18-20-36(57)26-34)40-23-25-44-42-13-8-10-16-48(42)58(50(44)31-40)33-35-19-21-37(58)27-35/h7-17,22-25,29-31,34-38H,18-21,26-28,32-33H2,1-6H3. The Morgan fingerprint density at radius 3 is 1.63 bits per heavy atom. The zero-order valence-electron chi connectivity index (χ0n) is 36.5. The molecular formula is C58H59NO. The molecule has 7 atom stereocenters. The highest BCUT2D eigenvalue weighted by molar-refractivity contribution is 6.00. The van der Waals surface area contributed by atoms with Crippen molar-refractivity contribution in [1.82, 2.24) is 0 Å². The molecule has 13 rings (SSSR count). The van der Waals surface area contributed by atoms with Crippen LogP contribution in [0.1, 0.15) is 126 Å². The molecule has 0 amide bonds. The predicted molar refractivity (Wildman–Crippen MR) is 248 cm³/mol. The Morgan fingerprint density at radius 2 is 1.13 bits per heavy atom. The third kappa shape index (κ3) is 4.61. The number of allylic oxidation sites excluding steroid dienone is 2. The molecule has 302 valence electrons. The Hall–Kier alpha value is -4.82. The first-order valence-electron chi connectivity index (χ1n) is 23.5. The summed E-state index contributed by atoms with van der Waals surface area (Å²) < 4.78 is 7.39. The van der Waals surface area contributed by atoms with Gasteiger partial charge in [0.05, 0.1) is 5.69 Å². The molecule has 5 aromatic carbocycles. The third-order valence-corrected chi connectivity index (χ3v) is 17.6. The first-order valence-corrected chi connectivity index (χ1v) is 23.5. The van der Waals surface area contributed by atoms with Crippen LogP contribution >= 0.6 is 0 Å². The fraction of sp³-hybridized carbons (Fsp3) is 0.414. The third-order valence-electron chi connectivity index (χ3n) is 17.6. The van der Waals surface area contributed by atoms with Crippen molar-refractivity contribution in [1.29, 1.82) is 0 Å². The van der Waals surface area contributed by atoms with Crippen LogP contribution < -0.4 is 4.90 Å². The first kappa shape index (κ1) is 35.9. The average molecular weight is 786 g/mol. The van der Waals surface area contributed by atoms with Crippen molar-refractivity contribution in [3.63, 3.8) is 0 Å². The zero-order valence-corrected chi connectivity index (χ0v) is 36.5. The number of anilines is 3. The van der Waals surface area contributed by atoms with Gasteiger partial charge in [0.1, 0.15) is 5.76 Å². The minimum atomic E-state index is -0.0413. The van der Waals surface area contributed by atoms with Gasteiger partial charge in [0.15, 0.2) is 5.58 Å². The number of furan rings is 1. The van der Waals surface area contributed by atoms with E-state index < -0.39 is 0 Å². The summed E-state index contributed by atoms with van der Waals surface area (Å²) >= 11 is 0. The quantitative estimate of drug-likeness (QED) is 0.178. The molecule has 4 bridgehead atoms. The van der Waals surface area contributed by atoms with Crippen LogP contribution in [0, 0.1) is 40.4 Å². The second-order valence-corrected chi connectivity index (χ2v) is 22.6. The molecule has 60 heavy (non-hydrogen) atoms. The van der Waals surface area contributed by atoms with Gasteiger partial charge in [0, 0.05) is 33.2 Å². The molecule has 2 spiro atoms. The lowest BCUT2D eigenvalue weighted by molar-refractivity contribution is 0.286. The molecular weight excluding hydrogens is 727 g/mol. The Bertz CT molecular complexity index is 2710. The summed E-state index contributed by atoms with van der Waals surface area (Å²) in [5.41, 5.74) is 19.8. The van der Waals surface area contributed by atoms with Crippen LogP contribution in [0.4, 0.5) is 17.1 Å². The van der Waals surface area contributed by atoms with Gasteiger partial charge in [0.25, 0.3) is 0 Å². The van der Waals surface area contributed by atoms with Gasteiger partial charge in [-0.3, -0.25) is 0 Å². The van der Waals surface area contributed by atoms with Gasteiger partial charge < -0.3 is 9.32 Å². The second kappa shape index (κ2) is 12.0. The molecule has 2 heteroatoms. The van der Waals surface area contributed by atoms with E-state index in [1.54, 1.807) is 22.3 Å². The molecule has 1 aromatic heterocycles. The van der Waals surface area contributed by atoms with Gasteiger partial charge in [0.2, 0.25) is 0 Å². The molecule has 7 unspecified atom stereocenters. The maximum absolute atomic E-state index is 7.39. The van der Waals surface area contributed by atoms with Crippen molar-refractivity contribution in [3.8, 4) is 22.3 Å². The van der Waals surface area contributed by atoms with Gasteiger partial charge in [-0.1, -0.05) is 133 Å². The van der Waals surface area contributed by atoms with Crippen LogP contribution in [0.15, 0.2) is 114 Å². The van der Waals surface area contributed by atoms with Crippen LogP contribution in [-0.2, 0) is 17.3 Å². The SMILES string of the molecule is CC(C)(C)C1=CC(C(C)(C)C)Cc2c1oc1c(N(c3ccc4c(c3)C3(CC5CCC3C5)c3ccccc3-4)c3ccc4c(c3)C3(CC5CCC3C5)c3ccccc3-4)cccc21. The molecule has 0 saturated heterocycles. The van der Waals surface area contributed by atoms with Gasteiger partial charge in [-0.2, -0.15) is 0 Å². The molecule has 0 aliphatic heterocycles. The maximum Gasteiger partial charge on any atom is 0.159 e. The lowest BCUT2D eigenvalue weighted by atomic mass is 9.66. The number of para-hydroxylation sites is 1. The number of fused-ring (bicyclic) bond motifs is 19. The van der Waals surface area contributed by atoms with Crippen molar-refractivity contribution >= 4 is 33.6 Å². The van der Waals surface area contributed by atoms with Crippen molar-refractivity contribution < 1.29 is 4.42 Å². The van der Waals surface area contributed by atoms with Gasteiger partial charge in [-0.05, 0) is 166 Å². The summed E-state index contributed by atoms with van der Waals surface area (Å²) in [5.74, 6) is 4.62. The number of nitrogens with zero attached hydrogens (tertiary/aromatic N) is 1. The van der Waals surface area contributed by atoms with Crippen LogP contribution in [0.5, 0.6) is 0 Å². The highest BCUT2D eigenvalue weighted by Gasteiger charge is 2.58. The van der Waals surface area contributed by atoms with Gasteiger partial charge in [-0.25, -0.2) is 0 Å². The molecule has 7 aliphatic rings. The van der Waals surface area contributed by atoms with E-state index in [0.717, 1.165) is 35.3 Å². The normalized spacial score (nSPS) is 29.0. The van der Waals surface area contributed by atoms with E-state index in [2.05, 4.69) is 156 Å². The van der Waals surface area contributed by atoms with Crippen molar-refractivity contribution in [2.75, 3.05) is 4.90 Å². The Labute approximate surface area is 357 Å². The summed E-state index contributed by atoms with van der Waals surface area (Å²) in [6, 6.07) is 41.0. The number of hydrogen-bond acceptors (Lipinski definition) is 2. The van der Waals surface area contributed by atoms with Crippen LogP contribution in [0.3, 0.4) is 0 Å². The fourth-order valence-corrected chi connectivity index (χ4v) is 14.9. The second-order valence-electron chi connectivity index (χ2n) is 22.6. The molecule has 0 N–H and O–H groups in total. The Balaban J connectivity index is 1.05. The van der Waals surface area contributed by atoms with Crippen LogP contribution in [0.2, 0.25) is 0 Å². The molecule has 4 saturated carbocycles. The van der Waals surface area contributed by atoms with E-state index in [-0.39, 0.29) is 21.7 Å². The smallest absolute Gasteiger partial charge is 0.159 e. The monoisotopic (exact) mass is 785 g/mol. The van der Waals surface area contributed by atoms with E-state index >= 15 is 0 Å². The lowest BCUT2D eigenvalue weighted by Crippen LogP contribution is -2.32. The maximum atomic E-state index is 7.39. The summed E-state index contributed by atoms with van der Waals surface area (Å²) in [5, 5.41) is 1.27. The van der Waals surface area contributed by atoms with Crippen molar-refractivity contribution in [2.45, 2.75) is 110 Å². The summed E-state index contributed by atoms with van der Waals surface area (Å²) in [7, 11) is 0. The number of hydrogen-bond donors (Lipinski definition) is 0. The molecule has 1 heterocycles. The molecule has 4 fully saturated rings. The lowest BCUT2D eigenvalue weighted by Gasteiger charge is -2.38. The van der Waals surface area contributed by atoms with E-state index in [0.29, 0.717) is 17.8 Å². The largest absolute Gasteiger partial charge is 0.454 e. The van der Waals surface area contributed by atoms with Gasteiger partial charge in [-0.15, -0.1) is 0 Å². The zero-order chi connectivity index (χ0) is 40.5. The van der Waals surface area contributed by atoms with E-state index in [9.17, 15) is 0 Å². The van der Waals surface area contributed by atoms with Crippen LogP contribution in [-0.4, -0.2) is 0 Å². The average Bonchev–Trinajstić information content (AvgIpc) is 4.13. The summed E-state index contributed by atoms with van der Waals surface area (Å²) in [6.45, 7) is 14.3. The topological polar surface area (TPSA) is 16.4 Å². The molecule has 7 aliphatic carbocycles. The Kier molecular flexibility index (Phi) is 7.16. The first-order chi connectivity index (χ1) is 28.9. The van der Waals surface area contributed by atoms with Gasteiger partial charge >= 0.3 is 0 Å².